The molecule has 0 aromatic heterocycles. The molecule has 1 N–H and O–H groups in total. The molecule has 15 heavy (non-hydrogen) atoms. The topological polar surface area (TPSA) is 49.4 Å². The molecule has 0 radical (unpaired) electrons. The first-order valence-electron chi connectivity index (χ1n) is 5.84. The van der Waals surface area contributed by atoms with Gasteiger partial charge in [-0.15, -0.1) is 0 Å². The lowest BCUT2D eigenvalue weighted by Gasteiger charge is -2.15. The molecule has 2 aliphatic carbocycles. The summed E-state index contributed by atoms with van der Waals surface area (Å²) < 4.78 is 0. The highest BCUT2D eigenvalue weighted by Gasteiger charge is 2.42. The normalized spacial score (nSPS) is 30.8. The predicted molar refractivity (Wildman–Crippen MR) is 54.0 cm³/mol. The smallest absolute Gasteiger partial charge is 0.225 e. The van der Waals surface area contributed by atoms with Gasteiger partial charge in [0.1, 0.15) is 0 Å². The number of carbonyl (C=O) groups is 2. The van der Waals surface area contributed by atoms with Crippen LogP contribution in [0.3, 0.4) is 0 Å². The fraction of sp³-hybridized carbons (Fsp3) is 0.818. The Morgan fingerprint density at radius 1 is 1.27 bits per heavy atom. The highest BCUT2D eigenvalue weighted by atomic mass is 16.2. The average molecular weight is 208 g/mol. The largest absolute Gasteiger partial charge is 0.353 e. The molecule has 2 amide bonds. The maximum Gasteiger partial charge on any atom is 0.225 e. The van der Waals surface area contributed by atoms with Crippen molar-refractivity contribution in [1.82, 2.24) is 10.2 Å². The van der Waals surface area contributed by atoms with Crippen LogP contribution in [0.5, 0.6) is 0 Å². The van der Waals surface area contributed by atoms with E-state index in [0.29, 0.717) is 25.0 Å². The Labute approximate surface area is 89.0 Å². The van der Waals surface area contributed by atoms with Crippen molar-refractivity contribution in [2.45, 2.75) is 44.2 Å². The molecule has 1 saturated heterocycles. The van der Waals surface area contributed by atoms with Gasteiger partial charge in [-0.05, 0) is 25.7 Å². The highest BCUT2D eigenvalue weighted by Crippen LogP contribution is 2.33. The van der Waals surface area contributed by atoms with Crippen molar-refractivity contribution in [3.05, 3.63) is 0 Å². The maximum atomic E-state index is 11.7. The van der Waals surface area contributed by atoms with Crippen molar-refractivity contribution >= 4 is 11.8 Å². The Balaban J connectivity index is 1.58. The van der Waals surface area contributed by atoms with Crippen LogP contribution in [0.2, 0.25) is 0 Å². The van der Waals surface area contributed by atoms with E-state index in [1.54, 1.807) is 0 Å². The molecule has 0 aromatic carbocycles. The Morgan fingerprint density at radius 3 is 2.60 bits per heavy atom. The molecule has 4 heteroatoms. The lowest BCUT2D eigenvalue weighted by Crippen LogP contribution is -2.34. The third-order valence-electron chi connectivity index (χ3n) is 3.44. The highest BCUT2D eigenvalue weighted by molar-refractivity contribution is 5.89. The third-order valence-corrected chi connectivity index (χ3v) is 3.44. The van der Waals surface area contributed by atoms with E-state index in [0.717, 1.165) is 25.7 Å². The van der Waals surface area contributed by atoms with Gasteiger partial charge in [0.15, 0.2) is 0 Å². The fourth-order valence-electron chi connectivity index (χ4n) is 2.19. The predicted octanol–water partition coefficient (Wildman–Crippen LogP) is 0.276. The fourth-order valence-corrected chi connectivity index (χ4v) is 2.19. The SMILES string of the molecule is O=C(NC1CC1)C1CC(=O)N(C2CC2)C1. The standard InChI is InChI=1S/C11H16N2O2/c14-10-5-7(6-13(10)9-3-4-9)11(15)12-8-1-2-8/h7-9H,1-6H2,(H,12,15). The number of rotatable bonds is 3. The van der Waals surface area contributed by atoms with Crippen molar-refractivity contribution in [1.29, 1.82) is 0 Å². The summed E-state index contributed by atoms with van der Waals surface area (Å²) in [5.74, 6) is 0.182. The minimum atomic E-state index is -0.0845. The molecule has 0 bridgehead atoms. The Bertz CT molecular complexity index is 308. The van der Waals surface area contributed by atoms with E-state index in [4.69, 9.17) is 0 Å². The van der Waals surface area contributed by atoms with Crippen LogP contribution in [-0.2, 0) is 9.59 Å². The van der Waals surface area contributed by atoms with Crippen molar-refractivity contribution in [2.24, 2.45) is 5.92 Å². The number of hydrogen-bond donors (Lipinski definition) is 1. The van der Waals surface area contributed by atoms with Crippen LogP contribution in [0.4, 0.5) is 0 Å². The number of nitrogens with zero attached hydrogens (tertiary/aromatic N) is 1. The number of carbonyl (C=O) groups excluding carboxylic acids is 2. The summed E-state index contributed by atoms with van der Waals surface area (Å²) in [4.78, 5) is 25.3. The van der Waals surface area contributed by atoms with E-state index in [-0.39, 0.29) is 17.7 Å². The van der Waals surface area contributed by atoms with E-state index in [9.17, 15) is 9.59 Å². The number of likely N-dealkylation sites (tertiary alicyclic amines) is 1. The van der Waals surface area contributed by atoms with Crippen molar-refractivity contribution in [2.75, 3.05) is 6.54 Å². The zero-order valence-electron chi connectivity index (χ0n) is 8.74. The first-order valence-corrected chi connectivity index (χ1v) is 5.84. The van der Waals surface area contributed by atoms with Crippen LogP contribution >= 0.6 is 0 Å². The summed E-state index contributed by atoms with van der Waals surface area (Å²) in [7, 11) is 0. The van der Waals surface area contributed by atoms with Gasteiger partial charge in [0, 0.05) is 25.0 Å². The summed E-state index contributed by atoms with van der Waals surface area (Å²) in [5.41, 5.74) is 0. The minimum Gasteiger partial charge on any atom is -0.353 e. The number of amides is 2. The van der Waals surface area contributed by atoms with Gasteiger partial charge in [-0.2, -0.15) is 0 Å². The summed E-state index contributed by atoms with van der Waals surface area (Å²) in [5, 5.41) is 2.98. The van der Waals surface area contributed by atoms with Gasteiger partial charge in [-0.1, -0.05) is 0 Å². The van der Waals surface area contributed by atoms with Gasteiger partial charge in [0.2, 0.25) is 11.8 Å². The summed E-state index contributed by atoms with van der Waals surface area (Å²) >= 11 is 0. The lowest BCUT2D eigenvalue weighted by atomic mass is 10.1. The van der Waals surface area contributed by atoms with Gasteiger partial charge < -0.3 is 10.2 Å². The maximum absolute atomic E-state index is 11.7. The van der Waals surface area contributed by atoms with Crippen molar-refractivity contribution in [3.63, 3.8) is 0 Å². The zero-order chi connectivity index (χ0) is 10.4. The van der Waals surface area contributed by atoms with Gasteiger partial charge in [0.05, 0.1) is 5.92 Å². The molecule has 1 unspecified atom stereocenters. The van der Waals surface area contributed by atoms with E-state index in [2.05, 4.69) is 5.32 Å². The quantitative estimate of drug-likeness (QED) is 0.724. The van der Waals surface area contributed by atoms with Crippen LogP contribution in [0.1, 0.15) is 32.1 Å². The van der Waals surface area contributed by atoms with Crippen LogP contribution in [0.15, 0.2) is 0 Å². The second kappa shape index (κ2) is 3.22. The van der Waals surface area contributed by atoms with Crippen molar-refractivity contribution < 1.29 is 9.59 Å². The molecule has 1 atom stereocenters. The Hall–Kier alpha value is -1.06. The van der Waals surface area contributed by atoms with Gasteiger partial charge in [-0.3, -0.25) is 9.59 Å². The second-order valence-corrected chi connectivity index (χ2v) is 4.96. The minimum absolute atomic E-state index is 0.0845. The van der Waals surface area contributed by atoms with Gasteiger partial charge in [-0.25, -0.2) is 0 Å². The van der Waals surface area contributed by atoms with Crippen molar-refractivity contribution in [3.8, 4) is 0 Å². The molecular formula is C11H16N2O2. The molecule has 1 aliphatic heterocycles. The van der Waals surface area contributed by atoms with Crippen LogP contribution in [0, 0.1) is 5.92 Å². The van der Waals surface area contributed by atoms with E-state index in [1.165, 1.54) is 0 Å². The number of hydrogen-bond acceptors (Lipinski definition) is 2. The molecule has 4 nitrogen and oxygen atoms in total. The Kier molecular flexibility index (Phi) is 1.97. The zero-order valence-corrected chi connectivity index (χ0v) is 8.74. The van der Waals surface area contributed by atoms with E-state index < -0.39 is 0 Å². The Morgan fingerprint density at radius 2 is 2.00 bits per heavy atom. The van der Waals surface area contributed by atoms with Crippen LogP contribution in [0.25, 0.3) is 0 Å². The molecular weight excluding hydrogens is 192 g/mol. The average Bonchev–Trinajstić information content (AvgIpc) is 3.08. The van der Waals surface area contributed by atoms with Crippen LogP contribution in [-0.4, -0.2) is 35.3 Å². The first kappa shape index (κ1) is 9.19. The van der Waals surface area contributed by atoms with E-state index >= 15 is 0 Å². The molecule has 3 fully saturated rings. The van der Waals surface area contributed by atoms with E-state index in [1.807, 2.05) is 4.90 Å². The number of nitrogens with one attached hydrogen (secondary N) is 1. The third kappa shape index (κ3) is 1.85. The molecule has 3 aliphatic rings. The lowest BCUT2D eigenvalue weighted by molar-refractivity contribution is -0.129. The molecule has 0 aromatic rings. The monoisotopic (exact) mass is 208 g/mol. The summed E-state index contributed by atoms with van der Waals surface area (Å²) in [6.07, 6.45) is 4.90. The van der Waals surface area contributed by atoms with Crippen LogP contribution < -0.4 is 5.32 Å². The summed E-state index contributed by atoms with van der Waals surface area (Å²) in [6, 6.07) is 0.860. The molecule has 3 rings (SSSR count). The summed E-state index contributed by atoms with van der Waals surface area (Å²) in [6.45, 7) is 0.655. The van der Waals surface area contributed by atoms with Gasteiger partial charge >= 0.3 is 0 Å². The molecule has 82 valence electrons. The second-order valence-electron chi connectivity index (χ2n) is 4.96. The first-order chi connectivity index (χ1) is 7.24. The molecule has 1 heterocycles. The van der Waals surface area contributed by atoms with Gasteiger partial charge in [0.25, 0.3) is 0 Å². The molecule has 2 saturated carbocycles. The molecule has 0 spiro atoms.